The van der Waals surface area contributed by atoms with Crippen LogP contribution in [-0.2, 0) is 4.79 Å². The summed E-state index contributed by atoms with van der Waals surface area (Å²) < 4.78 is 0. The maximum atomic E-state index is 11.5. The van der Waals surface area contributed by atoms with Gasteiger partial charge in [0.1, 0.15) is 0 Å². The second-order valence-corrected chi connectivity index (χ2v) is 4.40. The monoisotopic (exact) mass is 184 g/mol. The minimum atomic E-state index is -0.613. The Bertz CT molecular complexity index is 226. The molecule has 0 bridgehead atoms. The van der Waals surface area contributed by atoms with E-state index in [0.29, 0.717) is 0 Å². The van der Waals surface area contributed by atoms with E-state index < -0.39 is 5.54 Å². The predicted octanol–water partition coefficient (Wildman–Crippen LogP) is -0.491. The van der Waals surface area contributed by atoms with Crippen molar-refractivity contribution in [2.75, 3.05) is 6.61 Å². The van der Waals surface area contributed by atoms with E-state index in [2.05, 4.69) is 5.32 Å². The standard InChI is InChI=1S/C9H16N2O2/c10-9(4-5-9)7(13)11-8(6-12)2-1-3-8/h12H,1-6,10H2,(H,11,13). The Morgan fingerprint density at radius 1 is 1.38 bits per heavy atom. The minimum Gasteiger partial charge on any atom is -0.394 e. The summed E-state index contributed by atoms with van der Waals surface area (Å²) in [5.41, 5.74) is 4.78. The molecular formula is C9H16N2O2. The third-order valence-electron chi connectivity index (χ3n) is 3.23. The van der Waals surface area contributed by atoms with Gasteiger partial charge in [0, 0.05) is 0 Å². The van der Waals surface area contributed by atoms with Gasteiger partial charge < -0.3 is 16.2 Å². The molecule has 0 saturated heterocycles. The van der Waals surface area contributed by atoms with Gasteiger partial charge in [0.2, 0.25) is 5.91 Å². The number of aliphatic hydroxyl groups is 1. The molecule has 74 valence electrons. The molecule has 4 heteroatoms. The fourth-order valence-electron chi connectivity index (χ4n) is 1.65. The molecule has 0 aliphatic heterocycles. The Labute approximate surface area is 77.5 Å². The van der Waals surface area contributed by atoms with Crippen molar-refractivity contribution in [2.24, 2.45) is 5.73 Å². The zero-order chi connectivity index (χ0) is 9.53. The van der Waals surface area contributed by atoms with E-state index in [9.17, 15) is 4.79 Å². The van der Waals surface area contributed by atoms with E-state index >= 15 is 0 Å². The molecule has 2 saturated carbocycles. The Kier molecular flexibility index (Phi) is 1.85. The van der Waals surface area contributed by atoms with Gasteiger partial charge in [0.15, 0.2) is 0 Å². The largest absolute Gasteiger partial charge is 0.394 e. The topological polar surface area (TPSA) is 75.4 Å². The van der Waals surface area contributed by atoms with Gasteiger partial charge in [0.05, 0.1) is 17.7 Å². The fourth-order valence-corrected chi connectivity index (χ4v) is 1.65. The molecule has 4 N–H and O–H groups in total. The summed E-state index contributed by atoms with van der Waals surface area (Å²) in [5.74, 6) is -0.0822. The lowest BCUT2D eigenvalue weighted by atomic mass is 9.77. The Morgan fingerprint density at radius 2 is 2.00 bits per heavy atom. The number of amides is 1. The van der Waals surface area contributed by atoms with Crippen LogP contribution in [0.3, 0.4) is 0 Å². The van der Waals surface area contributed by atoms with Crippen LogP contribution in [0.15, 0.2) is 0 Å². The molecule has 0 heterocycles. The third-order valence-corrected chi connectivity index (χ3v) is 3.23. The molecule has 0 aromatic rings. The van der Waals surface area contributed by atoms with E-state index in [0.717, 1.165) is 32.1 Å². The van der Waals surface area contributed by atoms with Gasteiger partial charge in [-0.1, -0.05) is 0 Å². The highest BCUT2D eigenvalue weighted by molar-refractivity contribution is 5.89. The summed E-state index contributed by atoms with van der Waals surface area (Å²) in [5, 5.41) is 12.0. The maximum Gasteiger partial charge on any atom is 0.240 e. The minimum absolute atomic E-state index is 0.0365. The predicted molar refractivity (Wildman–Crippen MR) is 48.0 cm³/mol. The summed E-state index contributed by atoms with van der Waals surface area (Å²) >= 11 is 0. The first-order chi connectivity index (χ1) is 6.10. The van der Waals surface area contributed by atoms with Crippen LogP contribution < -0.4 is 11.1 Å². The third kappa shape index (κ3) is 1.44. The number of hydrogen-bond donors (Lipinski definition) is 3. The van der Waals surface area contributed by atoms with E-state index in [-0.39, 0.29) is 18.1 Å². The Balaban J connectivity index is 1.92. The zero-order valence-corrected chi connectivity index (χ0v) is 7.68. The van der Waals surface area contributed by atoms with Crippen LogP contribution in [0, 0.1) is 0 Å². The van der Waals surface area contributed by atoms with Crippen molar-refractivity contribution in [3.8, 4) is 0 Å². The normalized spacial score (nSPS) is 27.5. The summed E-state index contributed by atoms with van der Waals surface area (Å²) in [6.07, 6.45) is 4.40. The van der Waals surface area contributed by atoms with Gasteiger partial charge >= 0.3 is 0 Å². The number of rotatable bonds is 3. The number of nitrogens with one attached hydrogen (secondary N) is 1. The van der Waals surface area contributed by atoms with Crippen molar-refractivity contribution in [1.82, 2.24) is 5.32 Å². The lowest BCUT2D eigenvalue weighted by Crippen LogP contribution is -2.60. The average molecular weight is 184 g/mol. The fraction of sp³-hybridized carbons (Fsp3) is 0.889. The molecule has 2 rings (SSSR count). The molecule has 2 aliphatic carbocycles. The van der Waals surface area contributed by atoms with E-state index in [1.54, 1.807) is 0 Å². The van der Waals surface area contributed by atoms with Gasteiger partial charge in [-0.05, 0) is 32.1 Å². The van der Waals surface area contributed by atoms with Crippen LogP contribution in [-0.4, -0.2) is 28.7 Å². The number of carbonyl (C=O) groups excluding carboxylic acids is 1. The highest BCUT2D eigenvalue weighted by Gasteiger charge is 2.49. The molecule has 13 heavy (non-hydrogen) atoms. The van der Waals surface area contributed by atoms with Crippen molar-refractivity contribution in [2.45, 2.75) is 43.2 Å². The second kappa shape index (κ2) is 2.69. The highest BCUT2D eigenvalue weighted by atomic mass is 16.3. The lowest BCUT2D eigenvalue weighted by molar-refractivity contribution is -0.127. The van der Waals surface area contributed by atoms with E-state index in [1.807, 2.05) is 0 Å². The van der Waals surface area contributed by atoms with Crippen molar-refractivity contribution in [1.29, 1.82) is 0 Å². The molecule has 0 radical (unpaired) electrons. The van der Waals surface area contributed by atoms with Crippen LogP contribution in [0.4, 0.5) is 0 Å². The second-order valence-electron chi connectivity index (χ2n) is 4.40. The SMILES string of the molecule is NC1(C(=O)NC2(CO)CCC2)CC1. The zero-order valence-electron chi connectivity index (χ0n) is 7.68. The molecule has 0 unspecified atom stereocenters. The van der Waals surface area contributed by atoms with Crippen molar-refractivity contribution >= 4 is 5.91 Å². The average Bonchev–Trinajstić information content (AvgIpc) is 2.77. The molecular weight excluding hydrogens is 168 g/mol. The first-order valence-corrected chi connectivity index (χ1v) is 4.83. The van der Waals surface area contributed by atoms with Crippen LogP contribution in [0.25, 0.3) is 0 Å². The van der Waals surface area contributed by atoms with Crippen LogP contribution in [0.1, 0.15) is 32.1 Å². The van der Waals surface area contributed by atoms with Crippen LogP contribution >= 0.6 is 0 Å². The lowest BCUT2D eigenvalue weighted by Gasteiger charge is -2.41. The summed E-state index contributed by atoms with van der Waals surface area (Å²) in [4.78, 5) is 11.5. The van der Waals surface area contributed by atoms with Crippen molar-refractivity contribution < 1.29 is 9.90 Å². The maximum absolute atomic E-state index is 11.5. The van der Waals surface area contributed by atoms with Crippen molar-refractivity contribution in [3.05, 3.63) is 0 Å². The van der Waals surface area contributed by atoms with Gasteiger partial charge in [-0.25, -0.2) is 0 Å². The van der Waals surface area contributed by atoms with Gasteiger partial charge in [-0.3, -0.25) is 4.79 Å². The molecule has 4 nitrogen and oxygen atoms in total. The molecule has 0 aromatic carbocycles. The number of nitrogens with two attached hydrogens (primary N) is 1. The highest BCUT2D eigenvalue weighted by Crippen LogP contribution is 2.36. The van der Waals surface area contributed by atoms with E-state index in [4.69, 9.17) is 10.8 Å². The first-order valence-electron chi connectivity index (χ1n) is 4.83. The molecule has 2 aliphatic rings. The van der Waals surface area contributed by atoms with Gasteiger partial charge in [0.25, 0.3) is 0 Å². The van der Waals surface area contributed by atoms with Crippen LogP contribution in [0.2, 0.25) is 0 Å². The quantitative estimate of drug-likeness (QED) is 0.554. The smallest absolute Gasteiger partial charge is 0.240 e. The summed E-state index contributed by atoms with van der Waals surface area (Å²) in [7, 11) is 0. The summed E-state index contributed by atoms with van der Waals surface area (Å²) in [6.45, 7) is 0.0365. The Hall–Kier alpha value is -0.610. The van der Waals surface area contributed by atoms with Gasteiger partial charge in [-0.2, -0.15) is 0 Å². The molecule has 0 spiro atoms. The number of aliphatic hydroxyl groups excluding tert-OH is 1. The number of hydrogen-bond acceptors (Lipinski definition) is 3. The van der Waals surface area contributed by atoms with Gasteiger partial charge in [-0.15, -0.1) is 0 Å². The molecule has 1 amide bonds. The summed E-state index contributed by atoms with van der Waals surface area (Å²) in [6, 6.07) is 0. The number of carbonyl (C=O) groups is 1. The van der Waals surface area contributed by atoms with Crippen molar-refractivity contribution in [3.63, 3.8) is 0 Å². The molecule has 2 fully saturated rings. The molecule has 0 aromatic heterocycles. The Morgan fingerprint density at radius 3 is 2.31 bits per heavy atom. The van der Waals surface area contributed by atoms with E-state index in [1.165, 1.54) is 0 Å². The first kappa shape index (κ1) is 8.97. The van der Waals surface area contributed by atoms with Crippen LogP contribution in [0.5, 0.6) is 0 Å². The molecule has 0 atom stereocenters.